The van der Waals surface area contributed by atoms with Gasteiger partial charge in [-0.2, -0.15) is 0 Å². The van der Waals surface area contributed by atoms with Crippen LogP contribution in [0.15, 0.2) is 77.6 Å². The van der Waals surface area contributed by atoms with E-state index in [-0.39, 0.29) is 24.4 Å². The first-order valence-electron chi connectivity index (χ1n) is 13.5. The molecule has 0 radical (unpaired) electrons. The van der Waals surface area contributed by atoms with Crippen LogP contribution in [0.4, 0.5) is 0 Å². The second-order valence-corrected chi connectivity index (χ2v) is 15.8. The largest absolute Gasteiger partial charge is 0.497 e. The van der Waals surface area contributed by atoms with E-state index in [1.807, 2.05) is 36.4 Å². The number of rotatable bonds is 9. The van der Waals surface area contributed by atoms with Crippen LogP contribution in [-0.4, -0.2) is 48.9 Å². The van der Waals surface area contributed by atoms with E-state index in [9.17, 15) is 9.90 Å². The number of hydrogen-bond acceptors (Lipinski definition) is 4. The second kappa shape index (κ2) is 10.9. The van der Waals surface area contributed by atoms with Crippen molar-refractivity contribution in [3.8, 4) is 11.4 Å². The molecule has 3 aromatic carbocycles. The first-order chi connectivity index (χ1) is 18.3. The van der Waals surface area contributed by atoms with Crippen LogP contribution in [0.1, 0.15) is 25.3 Å². The van der Waals surface area contributed by atoms with E-state index in [1.54, 1.807) is 11.8 Å². The summed E-state index contributed by atoms with van der Waals surface area (Å²) in [6, 6.07) is 24.3. The molecule has 38 heavy (non-hydrogen) atoms. The number of aromatic nitrogens is 2. The predicted octanol–water partition coefficient (Wildman–Crippen LogP) is 5.03. The monoisotopic (exact) mass is 530 g/mol. The van der Waals surface area contributed by atoms with Crippen molar-refractivity contribution in [2.24, 2.45) is 5.92 Å². The third kappa shape index (κ3) is 4.98. The van der Waals surface area contributed by atoms with Crippen LogP contribution in [0.5, 0.6) is 5.75 Å². The van der Waals surface area contributed by atoms with Crippen LogP contribution in [-0.2, 0) is 11.2 Å². The number of aliphatic hydroxyl groups is 1. The van der Waals surface area contributed by atoms with Gasteiger partial charge < -0.3 is 14.6 Å². The first kappa shape index (κ1) is 26.5. The fourth-order valence-electron chi connectivity index (χ4n) is 6.40. The molecule has 1 aliphatic rings. The van der Waals surface area contributed by atoms with Gasteiger partial charge in [0.1, 0.15) is 5.75 Å². The summed E-state index contributed by atoms with van der Waals surface area (Å²) in [7, 11) is -0.192. The Hall–Kier alpha value is -3.13. The van der Waals surface area contributed by atoms with Gasteiger partial charge in [0, 0.05) is 6.61 Å². The number of hydrogen-bond donors (Lipinski definition) is 2. The van der Waals surface area contributed by atoms with Gasteiger partial charge in [0.15, 0.2) is 0 Å². The van der Waals surface area contributed by atoms with E-state index in [0.29, 0.717) is 23.3 Å². The number of nitrogens with zero attached hydrogens (tertiary/aromatic N) is 1. The van der Waals surface area contributed by atoms with Gasteiger partial charge in [-0.15, -0.1) is 0 Å². The van der Waals surface area contributed by atoms with Gasteiger partial charge in [-0.25, -0.2) is 4.68 Å². The molecule has 4 aromatic rings. The maximum Gasteiger partial charge on any atom is 0.279 e. The molecule has 0 saturated carbocycles. The second-order valence-electron chi connectivity index (χ2n) is 11.1. The quantitative estimate of drug-likeness (QED) is 0.298. The Morgan fingerprint density at radius 1 is 0.974 bits per heavy atom. The van der Waals surface area contributed by atoms with Gasteiger partial charge in [0.2, 0.25) is 0 Å². The fraction of sp³-hybridized carbons (Fsp3) is 0.387. The Morgan fingerprint density at radius 2 is 1.68 bits per heavy atom. The van der Waals surface area contributed by atoms with Crippen LogP contribution in [0.25, 0.3) is 16.6 Å². The van der Waals surface area contributed by atoms with E-state index in [1.165, 1.54) is 10.8 Å². The molecule has 0 aliphatic carbocycles. The molecule has 2 heterocycles. The van der Waals surface area contributed by atoms with Gasteiger partial charge in [-0.3, -0.25) is 9.89 Å². The summed E-state index contributed by atoms with van der Waals surface area (Å²) >= 11 is 0. The lowest BCUT2D eigenvalue weighted by molar-refractivity contribution is 0.0196. The van der Waals surface area contributed by atoms with Crippen molar-refractivity contribution in [1.82, 2.24) is 9.78 Å². The number of ether oxygens (including phenoxy) is 2. The number of aryl methyl sites for hydroxylation is 1. The lowest BCUT2D eigenvalue weighted by Crippen LogP contribution is -2.50. The molecule has 0 spiro atoms. The van der Waals surface area contributed by atoms with Crippen LogP contribution in [0, 0.1) is 5.92 Å². The van der Waals surface area contributed by atoms with Crippen LogP contribution in [0.2, 0.25) is 18.6 Å². The Kier molecular flexibility index (Phi) is 7.61. The van der Waals surface area contributed by atoms with E-state index >= 15 is 0 Å². The topological polar surface area (TPSA) is 76.5 Å². The predicted molar refractivity (Wildman–Crippen MR) is 156 cm³/mol. The minimum atomic E-state index is -1.89. The molecule has 1 fully saturated rings. The molecule has 1 saturated heterocycles. The van der Waals surface area contributed by atoms with Crippen molar-refractivity contribution < 1.29 is 14.6 Å². The maximum absolute atomic E-state index is 12.8. The zero-order valence-corrected chi connectivity index (χ0v) is 23.7. The van der Waals surface area contributed by atoms with Crippen LogP contribution in [0.3, 0.4) is 0 Å². The molecule has 0 amide bonds. The summed E-state index contributed by atoms with van der Waals surface area (Å²) in [5, 5.41) is 15.1. The molecule has 200 valence electrons. The average molecular weight is 531 g/mol. The van der Waals surface area contributed by atoms with E-state index in [4.69, 9.17) is 9.47 Å². The van der Waals surface area contributed by atoms with Gasteiger partial charge in [0.25, 0.3) is 5.56 Å². The van der Waals surface area contributed by atoms with Gasteiger partial charge in [0.05, 0.1) is 44.0 Å². The number of aromatic amines is 1. The number of nitrogens with one attached hydrogen (secondary N) is 1. The standard InChI is InChI=1S/C31H38N2O4Si/c1-21-28(37-29(19-20-34)30(21)38(3,4)25-16-14-24(36-2)15-17-25)18-11-22-9-12-23(13-10-22)33-31(35)26-7-5-6-8-27(26)32-33/h5-10,12-17,21,28-30,32,34H,11,18-20H2,1-4H3/t21-,28+,29-,30+/m0/s1. The summed E-state index contributed by atoms with van der Waals surface area (Å²) in [5.41, 5.74) is 3.27. The zero-order chi connectivity index (χ0) is 26.9. The number of para-hydroxylation sites is 1. The lowest BCUT2D eigenvalue weighted by Gasteiger charge is -2.36. The van der Waals surface area contributed by atoms with Crippen molar-refractivity contribution in [3.63, 3.8) is 0 Å². The molecule has 0 unspecified atom stereocenters. The van der Waals surface area contributed by atoms with Crippen molar-refractivity contribution >= 4 is 24.2 Å². The van der Waals surface area contributed by atoms with E-state index < -0.39 is 8.07 Å². The summed E-state index contributed by atoms with van der Waals surface area (Å²) in [6.07, 6.45) is 2.72. The lowest BCUT2D eigenvalue weighted by atomic mass is 9.95. The molecule has 7 heteroatoms. The highest BCUT2D eigenvalue weighted by Crippen LogP contribution is 2.46. The molecule has 1 aromatic heterocycles. The third-order valence-electron chi connectivity index (χ3n) is 8.49. The summed E-state index contributed by atoms with van der Waals surface area (Å²) in [4.78, 5) is 12.8. The summed E-state index contributed by atoms with van der Waals surface area (Å²) in [6.45, 7) is 7.33. The van der Waals surface area contributed by atoms with Crippen molar-refractivity contribution in [1.29, 1.82) is 0 Å². The zero-order valence-electron chi connectivity index (χ0n) is 22.7. The normalized spacial score (nSPS) is 21.7. The van der Waals surface area contributed by atoms with Crippen LogP contribution < -0.4 is 15.5 Å². The minimum absolute atomic E-state index is 0.0360. The Bertz CT molecular complexity index is 1430. The van der Waals surface area contributed by atoms with Crippen LogP contribution >= 0.6 is 0 Å². The highest BCUT2D eigenvalue weighted by Gasteiger charge is 2.50. The average Bonchev–Trinajstić information content (AvgIpc) is 3.44. The number of aliphatic hydroxyl groups excluding tert-OH is 1. The fourth-order valence-corrected chi connectivity index (χ4v) is 10.5. The summed E-state index contributed by atoms with van der Waals surface area (Å²) in [5.74, 6) is 1.28. The maximum atomic E-state index is 12.8. The van der Waals surface area contributed by atoms with Crippen molar-refractivity contribution in [3.05, 3.63) is 88.7 Å². The highest BCUT2D eigenvalue weighted by atomic mass is 28.3. The highest BCUT2D eigenvalue weighted by molar-refractivity contribution is 6.91. The number of benzene rings is 3. The van der Waals surface area contributed by atoms with E-state index in [2.05, 4.69) is 61.5 Å². The Morgan fingerprint density at radius 3 is 2.34 bits per heavy atom. The molecule has 4 atom stereocenters. The van der Waals surface area contributed by atoms with Crippen molar-refractivity contribution in [2.45, 2.75) is 57.0 Å². The molecular formula is C31H38N2O4Si. The molecule has 5 rings (SSSR count). The third-order valence-corrected chi connectivity index (χ3v) is 12.9. The molecule has 1 aliphatic heterocycles. The smallest absolute Gasteiger partial charge is 0.279 e. The van der Waals surface area contributed by atoms with Gasteiger partial charge in [-0.05, 0) is 72.7 Å². The first-order valence-corrected chi connectivity index (χ1v) is 16.6. The molecule has 6 nitrogen and oxygen atoms in total. The Labute approximate surface area is 225 Å². The van der Waals surface area contributed by atoms with Gasteiger partial charge >= 0.3 is 0 Å². The minimum Gasteiger partial charge on any atom is -0.497 e. The van der Waals surface area contributed by atoms with Crippen molar-refractivity contribution in [2.75, 3.05) is 13.7 Å². The van der Waals surface area contributed by atoms with E-state index in [0.717, 1.165) is 29.8 Å². The Balaban J connectivity index is 1.29. The number of methoxy groups -OCH3 is 1. The number of fused-ring (bicyclic) bond motifs is 1. The number of H-pyrrole nitrogens is 1. The molecule has 0 bridgehead atoms. The molecular weight excluding hydrogens is 492 g/mol. The SMILES string of the molecule is COc1ccc([Si](C)(C)[C@@H]2[C@@H](C)[C@@H](CCc3ccc(-n4[nH]c5ccccc5c4=O)cc3)O[C@H]2CCO)cc1. The summed E-state index contributed by atoms with van der Waals surface area (Å²) < 4.78 is 13.6. The van der Waals surface area contributed by atoms with Gasteiger partial charge in [-0.1, -0.05) is 61.6 Å². The molecule has 2 N–H and O–H groups in total.